The van der Waals surface area contributed by atoms with Gasteiger partial charge in [0.25, 0.3) is 0 Å². The van der Waals surface area contributed by atoms with E-state index in [0.29, 0.717) is 17.5 Å². The summed E-state index contributed by atoms with van der Waals surface area (Å²) in [6, 6.07) is 76.8. The highest BCUT2D eigenvalue weighted by Crippen LogP contribution is 2.44. The first-order valence-corrected chi connectivity index (χ1v) is 21.9. The maximum absolute atomic E-state index is 5.18. The first-order valence-electron chi connectivity index (χ1n) is 21.1. The minimum absolute atomic E-state index is 0.625. The van der Waals surface area contributed by atoms with Crippen LogP contribution >= 0.6 is 11.3 Å². The largest absolute Gasteiger partial charge is 0.247 e. The molecule has 0 N–H and O–H groups in total. The van der Waals surface area contributed by atoms with E-state index in [-0.39, 0.29) is 0 Å². The van der Waals surface area contributed by atoms with Crippen molar-refractivity contribution in [1.82, 2.24) is 19.9 Å². The van der Waals surface area contributed by atoms with Gasteiger partial charge in [-0.1, -0.05) is 188 Å². The molecule has 12 aromatic rings. The Balaban J connectivity index is 0.950. The van der Waals surface area contributed by atoms with Gasteiger partial charge in [0.1, 0.15) is 0 Å². The standard InChI is InChI=1S/C58H36N4S/c1-4-14-37(15-5-1)42-20-12-22-45(34-42)57-60-56(61-58(62-57)46-23-13-21-43(35-46)38-16-6-2-7-17-38)41-28-26-39(27-29-41)44-30-33-52-50(36-44)47-31-32-49-53(55(47)63-52)48-24-10-11-25-51(48)59-54(49)40-18-8-3-9-19-40/h1-36H. The third-order valence-electron chi connectivity index (χ3n) is 11.9. The molecule has 4 nitrogen and oxygen atoms in total. The van der Waals surface area contributed by atoms with Gasteiger partial charge in [0, 0.05) is 58.6 Å². The SMILES string of the molecule is c1ccc(-c2cccc(-c3nc(-c4ccc(-c5ccc6sc7c(ccc8c(-c9ccccc9)nc9ccccc9c87)c6c5)cc4)nc(-c4cccc(-c5ccccc5)c4)n3)c2)cc1. The van der Waals surface area contributed by atoms with Crippen LogP contribution in [0.2, 0.25) is 0 Å². The van der Waals surface area contributed by atoms with E-state index in [1.807, 2.05) is 23.5 Å². The fourth-order valence-corrected chi connectivity index (χ4v) is 10.0. The predicted molar refractivity (Wildman–Crippen MR) is 264 cm³/mol. The van der Waals surface area contributed by atoms with Crippen LogP contribution in [0.3, 0.4) is 0 Å². The molecule has 0 saturated heterocycles. The normalized spacial score (nSPS) is 11.5. The fourth-order valence-electron chi connectivity index (χ4n) is 8.78. The Morgan fingerprint density at radius 2 is 0.730 bits per heavy atom. The number of thiophene rings is 1. The van der Waals surface area contributed by atoms with Gasteiger partial charge in [-0.3, -0.25) is 0 Å². The molecule has 3 heterocycles. The van der Waals surface area contributed by atoms with Crippen molar-refractivity contribution in [2.45, 2.75) is 0 Å². The topological polar surface area (TPSA) is 51.6 Å². The molecule has 0 aliphatic heterocycles. The van der Waals surface area contributed by atoms with E-state index in [2.05, 4.69) is 206 Å². The Kier molecular flexibility index (Phi) is 8.98. The summed E-state index contributed by atoms with van der Waals surface area (Å²) < 4.78 is 2.55. The minimum Gasteiger partial charge on any atom is -0.247 e. The summed E-state index contributed by atoms with van der Waals surface area (Å²) in [5, 5.41) is 6.13. The number of para-hydroxylation sites is 1. The second kappa shape index (κ2) is 15.4. The molecule has 9 aromatic carbocycles. The zero-order valence-electron chi connectivity index (χ0n) is 34.0. The third-order valence-corrected chi connectivity index (χ3v) is 13.1. The molecule has 294 valence electrons. The Hall–Kier alpha value is -8.12. The fraction of sp³-hybridized carbons (Fsp3) is 0. The molecule has 0 aliphatic carbocycles. The Labute approximate surface area is 368 Å². The van der Waals surface area contributed by atoms with E-state index in [4.69, 9.17) is 19.9 Å². The number of benzene rings is 9. The van der Waals surface area contributed by atoms with Gasteiger partial charge < -0.3 is 0 Å². The molecule has 63 heavy (non-hydrogen) atoms. The van der Waals surface area contributed by atoms with Crippen LogP contribution in [0.25, 0.3) is 121 Å². The molecule has 0 amide bonds. The lowest BCUT2D eigenvalue weighted by Gasteiger charge is -2.11. The average Bonchev–Trinajstić information content (AvgIpc) is 3.75. The zero-order chi connectivity index (χ0) is 41.7. The molecule has 0 bridgehead atoms. The van der Waals surface area contributed by atoms with E-state index >= 15 is 0 Å². The van der Waals surface area contributed by atoms with Crippen LogP contribution in [0, 0.1) is 0 Å². The van der Waals surface area contributed by atoms with Gasteiger partial charge in [-0.2, -0.15) is 0 Å². The van der Waals surface area contributed by atoms with Crippen molar-refractivity contribution < 1.29 is 0 Å². The summed E-state index contributed by atoms with van der Waals surface area (Å²) >= 11 is 1.86. The lowest BCUT2D eigenvalue weighted by atomic mass is 9.97. The molecule has 0 fully saturated rings. The number of aromatic nitrogens is 4. The molecule has 5 heteroatoms. The molecule has 0 saturated carbocycles. The second-order valence-corrected chi connectivity index (χ2v) is 16.9. The van der Waals surface area contributed by atoms with Gasteiger partial charge >= 0.3 is 0 Å². The van der Waals surface area contributed by atoms with Crippen LogP contribution in [0.4, 0.5) is 0 Å². The average molecular weight is 821 g/mol. The van der Waals surface area contributed by atoms with E-state index in [1.54, 1.807) is 0 Å². The smallest absolute Gasteiger partial charge is 0.164 e. The van der Waals surface area contributed by atoms with Crippen LogP contribution in [-0.2, 0) is 0 Å². The number of hydrogen-bond donors (Lipinski definition) is 0. The molecule has 0 aliphatic rings. The molecular weight excluding hydrogens is 785 g/mol. The monoisotopic (exact) mass is 820 g/mol. The molecule has 0 spiro atoms. The van der Waals surface area contributed by atoms with Gasteiger partial charge in [0.2, 0.25) is 0 Å². The number of fused-ring (bicyclic) bond motifs is 7. The molecule has 0 radical (unpaired) electrons. The molecular formula is C58H36N4S. The maximum atomic E-state index is 5.18. The van der Waals surface area contributed by atoms with Crippen molar-refractivity contribution in [2.75, 3.05) is 0 Å². The second-order valence-electron chi connectivity index (χ2n) is 15.8. The van der Waals surface area contributed by atoms with E-state index in [9.17, 15) is 0 Å². The van der Waals surface area contributed by atoms with Crippen molar-refractivity contribution in [2.24, 2.45) is 0 Å². The Morgan fingerprint density at radius 1 is 0.270 bits per heavy atom. The van der Waals surface area contributed by atoms with Crippen LogP contribution in [0.15, 0.2) is 218 Å². The van der Waals surface area contributed by atoms with Gasteiger partial charge in [0.05, 0.1) is 11.2 Å². The first kappa shape index (κ1) is 36.7. The summed E-state index contributed by atoms with van der Waals surface area (Å²) in [6.07, 6.45) is 0. The van der Waals surface area contributed by atoms with Crippen LogP contribution in [0.1, 0.15) is 0 Å². The summed E-state index contributed by atoms with van der Waals surface area (Å²) in [7, 11) is 0. The highest BCUT2D eigenvalue weighted by Gasteiger charge is 2.18. The quantitative estimate of drug-likeness (QED) is 0.150. The maximum Gasteiger partial charge on any atom is 0.164 e. The molecule has 0 atom stereocenters. The number of pyridine rings is 1. The van der Waals surface area contributed by atoms with Crippen molar-refractivity contribution in [1.29, 1.82) is 0 Å². The summed E-state index contributed by atoms with van der Waals surface area (Å²) in [5.74, 6) is 1.88. The van der Waals surface area contributed by atoms with Crippen molar-refractivity contribution >= 4 is 53.2 Å². The summed E-state index contributed by atoms with van der Waals surface area (Å²) in [4.78, 5) is 20.6. The highest BCUT2D eigenvalue weighted by molar-refractivity contribution is 7.26. The Morgan fingerprint density at radius 3 is 1.37 bits per heavy atom. The van der Waals surface area contributed by atoms with Gasteiger partial charge in [-0.15, -0.1) is 11.3 Å². The van der Waals surface area contributed by atoms with Gasteiger partial charge in [-0.05, 0) is 63.7 Å². The third kappa shape index (κ3) is 6.72. The number of nitrogens with zero attached hydrogens (tertiary/aromatic N) is 4. The van der Waals surface area contributed by atoms with Crippen LogP contribution in [-0.4, -0.2) is 19.9 Å². The first-order chi connectivity index (χ1) is 31.2. The highest BCUT2D eigenvalue weighted by atomic mass is 32.1. The van der Waals surface area contributed by atoms with E-state index in [0.717, 1.165) is 66.8 Å². The van der Waals surface area contributed by atoms with Crippen molar-refractivity contribution in [3.8, 4) is 78.8 Å². The number of hydrogen-bond acceptors (Lipinski definition) is 5. The van der Waals surface area contributed by atoms with Crippen LogP contribution in [0.5, 0.6) is 0 Å². The number of rotatable bonds is 7. The Bertz CT molecular complexity index is 3560. The summed E-state index contributed by atoms with van der Waals surface area (Å²) in [5.41, 5.74) is 12.7. The van der Waals surface area contributed by atoms with Gasteiger partial charge in [0.15, 0.2) is 17.5 Å². The minimum atomic E-state index is 0.625. The lowest BCUT2D eigenvalue weighted by molar-refractivity contribution is 1.07. The molecule has 0 unspecified atom stereocenters. The van der Waals surface area contributed by atoms with Crippen molar-refractivity contribution in [3.63, 3.8) is 0 Å². The van der Waals surface area contributed by atoms with E-state index in [1.165, 1.54) is 36.3 Å². The van der Waals surface area contributed by atoms with E-state index < -0.39 is 0 Å². The molecule has 3 aromatic heterocycles. The predicted octanol–water partition coefficient (Wildman–Crippen LogP) is 15.6. The zero-order valence-corrected chi connectivity index (χ0v) is 34.8. The van der Waals surface area contributed by atoms with Crippen molar-refractivity contribution in [3.05, 3.63) is 218 Å². The van der Waals surface area contributed by atoms with Crippen LogP contribution < -0.4 is 0 Å². The molecule has 12 rings (SSSR count). The van der Waals surface area contributed by atoms with Gasteiger partial charge in [-0.25, -0.2) is 19.9 Å². The lowest BCUT2D eigenvalue weighted by Crippen LogP contribution is -2.00. The summed E-state index contributed by atoms with van der Waals surface area (Å²) in [6.45, 7) is 0.